The zero-order valence-corrected chi connectivity index (χ0v) is 12.2. The maximum absolute atomic E-state index is 13.5. The molecule has 1 amide bonds. The van der Waals surface area contributed by atoms with E-state index in [1.807, 2.05) is 4.90 Å². The van der Waals surface area contributed by atoms with E-state index in [1.165, 1.54) is 18.2 Å². The molecule has 5 nitrogen and oxygen atoms in total. The molecule has 1 aromatic carbocycles. The van der Waals surface area contributed by atoms with Gasteiger partial charge in [0.05, 0.1) is 18.3 Å². The van der Waals surface area contributed by atoms with Crippen molar-refractivity contribution >= 4 is 17.3 Å². The fourth-order valence-corrected chi connectivity index (χ4v) is 2.62. The smallest absolute Gasteiger partial charge is 0.238 e. The van der Waals surface area contributed by atoms with Crippen molar-refractivity contribution in [2.75, 3.05) is 30.7 Å². The highest BCUT2D eigenvalue weighted by Gasteiger charge is 2.23. The molecule has 21 heavy (non-hydrogen) atoms. The van der Waals surface area contributed by atoms with Crippen molar-refractivity contribution in [3.8, 4) is 0 Å². The van der Waals surface area contributed by atoms with Gasteiger partial charge in [-0.2, -0.15) is 0 Å². The predicted octanol–water partition coefficient (Wildman–Crippen LogP) is 1.44. The Morgan fingerprint density at radius 2 is 2.19 bits per heavy atom. The largest absolute Gasteiger partial charge is 0.399 e. The highest BCUT2D eigenvalue weighted by Crippen LogP contribution is 2.21. The monoisotopic (exact) mass is 295 g/mol. The second-order valence-electron chi connectivity index (χ2n) is 5.64. The van der Waals surface area contributed by atoms with Gasteiger partial charge in [-0.15, -0.1) is 0 Å². The number of carbonyl (C=O) groups is 1. The van der Waals surface area contributed by atoms with Gasteiger partial charge >= 0.3 is 0 Å². The average molecular weight is 295 g/mol. The van der Waals surface area contributed by atoms with Gasteiger partial charge in [-0.25, -0.2) is 4.39 Å². The van der Waals surface area contributed by atoms with E-state index in [0.29, 0.717) is 11.6 Å². The van der Waals surface area contributed by atoms with Gasteiger partial charge < -0.3 is 16.2 Å². The fraction of sp³-hybridized carbons (Fsp3) is 0.533. The highest BCUT2D eigenvalue weighted by molar-refractivity contribution is 5.92. The minimum absolute atomic E-state index is 0.110. The van der Waals surface area contributed by atoms with Crippen LogP contribution in [0.5, 0.6) is 0 Å². The molecule has 1 aliphatic rings. The summed E-state index contributed by atoms with van der Waals surface area (Å²) in [7, 11) is 0. The number of nitrogens with zero attached hydrogens (tertiary/aromatic N) is 1. The van der Waals surface area contributed by atoms with Crippen LogP contribution in [0.3, 0.4) is 0 Å². The molecule has 116 valence electrons. The molecule has 0 aliphatic carbocycles. The molecule has 6 heteroatoms. The van der Waals surface area contributed by atoms with E-state index in [9.17, 15) is 14.3 Å². The first-order valence-corrected chi connectivity index (χ1v) is 7.21. The number of aliphatic hydroxyl groups is 1. The first kappa shape index (κ1) is 15.7. The lowest BCUT2D eigenvalue weighted by Gasteiger charge is -2.32. The van der Waals surface area contributed by atoms with Crippen molar-refractivity contribution in [2.45, 2.75) is 25.9 Å². The molecule has 0 aromatic heterocycles. The Bertz CT molecular complexity index is 500. The topological polar surface area (TPSA) is 78.6 Å². The molecule has 1 aromatic rings. The van der Waals surface area contributed by atoms with Crippen molar-refractivity contribution < 1.29 is 14.3 Å². The third-order valence-corrected chi connectivity index (χ3v) is 3.95. The number of nitrogen functional groups attached to an aromatic ring is 1. The van der Waals surface area contributed by atoms with Gasteiger partial charge in [0.15, 0.2) is 0 Å². The lowest BCUT2D eigenvalue weighted by atomic mass is 9.92. The number of halogens is 1. The van der Waals surface area contributed by atoms with Crippen molar-refractivity contribution in [3.63, 3.8) is 0 Å². The van der Waals surface area contributed by atoms with Gasteiger partial charge in [-0.3, -0.25) is 9.69 Å². The summed E-state index contributed by atoms with van der Waals surface area (Å²) in [5.41, 5.74) is 6.10. The molecule has 1 saturated heterocycles. The van der Waals surface area contributed by atoms with Crippen LogP contribution in [0, 0.1) is 11.7 Å². The van der Waals surface area contributed by atoms with Crippen LogP contribution in [0.2, 0.25) is 0 Å². The number of benzene rings is 1. The molecule has 2 rings (SSSR count). The van der Waals surface area contributed by atoms with Crippen molar-refractivity contribution in [2.24, 2.45) is 5.92 Å². The highest BCUT2D eigenvalue weighted by atomic mass is 19.1. The lowest BCUT2D eigenvalue weighted by molar-refractivity contribution is -0.117. The third kappa shape index (κ3) is 4.41. The van der Waals surface area contributed by atoms with Crippen LogP contribution >= 0.6 is 0 Å². The number of anilines is 2. The Morgan fingerprint density at radius 3 is 2.81 bits per heavy atom. The van der Waals surface area contributed by atoms with Crippen LogP contribution in [0.25, 0.3) is 0 Å². The Kier molecular flexibility index (Phi) is 5.14. The maximum Gasteiger partial charge on any atom is 0.238 e. The number of aliphatic hydroxyl groups excluding tert-OH is 1. The Morgan fingerprint density at radius 1 is 1.52 bits per heavy atom. The van der Waals surface area contributed by atoms with Crippen LogP contribution in [0.4, 0.5) is 15.8 Å². The number of amides is 1. The van der Waals surface area contributed by atoms with Crippen molar-refractivity contribution in [1.29, 1.82) is 0 Å². The first-order chi connectivity index (χ1) is 9.95. The summed E-state index contributed by atoms with van der Waals surface area (Å²) in [5, 5.41) is 12.1. The van der Waals surface area contributed by atoms with Crippen molar-refractivity contribution in [1.82, 2.24) is 4.90 Å². The minimum Gasteiger partial charge on any atom is -0.399 e. The fourth-order valence-electron chi connectivity index (χ4n) is 2.62. The number of rotatable bonds is 4. The molecular weight excluding hydrogens is 273 g/mol. The van der Waals surface area contributed by atoms with E-state index in [-0.39, 0.29) is 24.2 Å². The molecule has 1 atom stereocenters. The van der Waals surface area contributed by atoms with Crippen LogP contribution in [0.15, 0.2) is 18.2 Å². The standard InChI is InChI=1S/C15H22FN3O2/c1-10(20)11-4-6-19(7-5-11)9-15(21)18-14-8-12(17)2-3-13(14)16/h2-3,8,10-11,20H,4-7,9,17H2,1H3,(H,18,21). The number of hydrogen-bond donors (Lipinski definition) is 3. The van der Waals surface area contributed by atoms with Gasteiger partial charge in [0.25, 0.3) is 0 Å². The molecule has 0 spiro atoms. The van der Waals surface area contributed by atoms with E-state index >= 15 is 0 Å². The van der Waals surface area contributed by atoms with E-state index in [4.69, 9.17) is 5.73 Å². The molecule has 1 fully saturated rings. The molecule has 0 radical (unpaired) electrons. The molecule has 4 N–H and O–H groups in total. The summed E-state index contributed by atoms with van der Waals surface area (Å²) >= 11 is 0. The first-order valence-electron chi connectivity index (χ1n) is 7.21. The summed E-state index contributed by atoms with van der Waals surface area (Å²) < 4.78 is 13.5. The van der Waals surface area contributed by atoms with Gasteiger partial charge in [0, 0.05) is 5.69 Å². The Balaban J connectivity index is 1.84. The van der Waals surface area contributed by atoms with Crippen LogP contribution in [0.1, 0.15) is 19.8 Å². The Labute approximate surface area is 123 Å². The number of nitrogens with two attached hydrogens (primary N) is 1. The van der Waals surface area contributed by atoms with Gasteiger partial charge in [0.1, 0.15) is 5.82 Å². The lowest BCUT2D eigenvalue weighted by Crippen LogP contribution is -2.41. The second-order valence-corrected chi connectivity index (χ2v) is 5.64. The van der Waals surface area contributed by atoms with E-state index < -0.39 is 5.82 Å². The third-order valence-electron chi connectivity index (χ3n) is 3.95. The number of likely N-dealkylation sites (tertiary alicyclic amines) is 1. The van der Waals surface area contributed by atoms with E-state index in [2.05, 4.69) is 5.32 Å². The van der Waals surface area contributed by atoms with Gasteiger partial charge in [-0.1, -0.05) is 0 Å². The SMILES string of the molecule is CC(O)C1CCN(CC(=O)Nc2cc(N)ccc2F)CC1. The quantitative estimate of drug-likeness (QED) is 0.734. The molecule has 1 unspecified atom stereocenters. The minimum atomic E-state index is -0.495. The summed E-state index contributed by atoms with van der Waals surface area (Å²) in [6.07, 6.45) is 1.44. The summed E-state index contributed by atoms with van der Waals surface area (Å²) in [5.74, 6) is -0.448. The number of piperidine rings is 1. The van der Waals surface area contributed by atoms with Crippen molar-refractivity contribution in [3.05, 3.63) is 24.0 Å². The second kappa shape index (κ2) is 6.87. The predicted molar refractivity (Wildman–Crippen MR) is 80.3 cm³/mol. The average Bonchev–Trinajstić information content (AvgIpc) is 2.43. The zero-order chi connectivity index (χ0) is 15.4. The van der Waals surface area contributed by atoms with Gasteiger partial charge in [-0.05, 0) is 57.0 Å². The van der Waals surface area contributed by atoms with E-state index in [1.54, 1.807) is 6.92 Å². The summed E-state index contributed by atoms with van der Waals surface area (Å²) in [4.78, 5) is 14.0. The number of hydrogen-bond acceptors (Lipinski definition) is 4. The van der Waals surface area contributed by atoms with Crippen LogP contribution in [-0.2, 0) is 4.79 Å². The molecule has 1 heterocycles. The molecule has 0 saturated carbocycles. The zero-order valence-electron chi connectivity index (χ0n) is 12.2. The normalized spacial score (nSPS) is 18.4. The van der Waals surface area contributed by atoms with Crippen LogP contribution in [-0.4, -0.2) is 41.7 Å². The molecular formula is C15H22FN3O2. The number of carbonyl (C=O) groups excluding carboxylic acids is 1. The summed E-state index contributed by atoms with van der Waals surface area (Å²) in [6.45, 7) is 3.56. The Hall–Kier alpha value is -1.66. The van der Waals surface area contributed by atoms with E-state index in [0.717, 1.165) is 25.9 Å². The maximum atomic E-state index is 13.5. The van der Waals surface area contributed by atoms with Crippen LogP contribution < -0.4 is 11.1 Å². The number of nitrogens with one attached hydrogen (secondary N) is 1. The van der Waals surface area contributed by atoms with Gasteiger partial charge in [0.2, 0.25) is 5.91 Å². The molecule has 0 bridgehead atoms. The molecule has 1 aliphatic heterocycles. The summed E-state index contributed by atoms with van der Waals surface area (Å²) in [6, 6.07) is 4.10.